The number of aromatic nitrogens is 2. The zero-order chi connectivity index (χ0) is 19.5. The molecule has 7 heteroatoms. The van der Waals surface area contributed by atoms with Gasteiger partial charge in [0.25, 0.3) is 5.91 Å². The third kappa shape index (κ3) is 3.90. The minimum absolute atomic E-state index is 0.295. The van der Waals surface area contributed by atoms with Gasteiger partial charge in [-0.3, -0.25) is 14.4 Å². The Kier molecular flexibility index (Phi) is 5.36. The van der Waals surface area contributed by atoms with E-state index in [4.69, 9.17) is 4.74 Å². The van der Waals surface area contributed by atoms with Gasteiger partial charge in [0, 0.05) is 30.7 Å². The van der Waals surface area contributed by atoms with Crippen molar-refractivity contribution in [2.75, 3.05) is 38.2 Å². The van der Waals surface area contributed by atoms with E-state index in [1.807, 2.05) is 28.9 Å². The second-order valence-corrected chi connectivity index (χ2v) is 6.96. The fraction of sp³-hybridized carbons (Fsp3) is 0.333. The molecule has 146 valence electrons. The van der Waals surface area contributed by atoms with E-state index in [-0.39, 0.29) is 11.7 Å². The molecule has 1 amide bonds. The number of nitrogens with zero attached hydrogens (tertiary/aromatic N) is 3. The first-order valence-corrected chi connectivity index (χ1v) is 9.45. The summed E-state index contributed by atoms with van der Waals surface area (Å²) in [5.74, 6) is -0.621. The molecule has 1 fully saturated rings. The van der Waals surface area contributed by atoms with Crippen LogP contribution in [0.25, 0.3) is 10.9 Å². The Morgan fingerprint density at radius 2 is 1.96 bits per heavy atom. The molecule has 6 nitrogen and oxygen atoms in total. The fourth-order valence-corrected chi connectivity index (χ4v) is 3.48. The predicted molar refractivity (Wildman–Crippen MR) is 106 cm³/mol. The molecule has 4 rings (SSSR count). The lowest BCUT2D eigenvalue weighted by atomic mass is 10.1. The topological polar surface area (TPSA) is 59.4 Å². The Balaban J connectivity index is 1.57. The van der Waals surface area contributed by atoms with Crippen LogP contribution < -0.4 is 5.32 Å². The Morgan fingerprint density at radius 1 is 1.18 bits per heavy atom. The number of hydrogen-bond donors (Lipinski definition) is 1. The Morgan fingerprint density at radius 3 is 2.75 bits per heavy atom. The van der Waals surface area contributed by atoms with Crippen molar-refractivity contribution in [3.05, 3.63) is 59.5 Å². The van der Waals surface area contributed by atoms with E-state index in [1.165, 1.54) is 12.1 Å². The molecule has 1 aliphatic heterocycles. The van der Waals surface area contributed by atoms with E-state index in [0.29, 0.717) is 23.5 Å². The summed E-state index contributed by atoms with van der Waals surface area (Å²) in [4.78, 5) is 15.2. The van der Waals surface area contributed by atoms with Crippen molar-refractivity contribution in [3.8, 4) is 0 Å². The summed E-state index contributed by atoms with van der Waals surface area (Å²) in [5.41, 5.74) is 2.56. The normalized spacial score (nSPS) is 15.1. The number of carbonyl (C=O) groups is 1. The summed E-state index contributed by atoms with van der Waals surface area (Å²) < 4.78 is 20.6. The van der Waals surface area contributed by atoms with Gasteiger partial charge in [-0.1, -0.05) is 18.2 Å². The molecular weight excluding hydrogens is 359 g/mol. The van der Waals surface area contributed by atoms with Crippen molar-refractivity contribution in [2.45, 2.75) is 13.5 Å². The number of morpholine rings is 1. The Labute approximate surface area is 162 Å². The van der Waals surface area contributed by atoms with E-state index < -0.39 is 0 Å². The average molecular weight is 382 g/mol. The zero-order valence-electron chi connectivity index (χ0n) is 15.8. The smallest absolute Gasteiger partial charge is 0.276 e. The summed E-state index contributed by atoms with van der Waals surface area (Å²) in [6, 6.07) is 12.0. The molecule has 0 saturated carbocycles. The van der Waals surface area contributed by atoms with Gasteiger partial charge in [0.05, 0.1) is 25.3 Å². The van der Waals surface area contributed by atoms with Gasteiger partial charge >= 0.3 is 0 Å². The lowest BCUT2D eigenvalue weighted by molar-refractivity contribution is 0.0361. The van der Waals surface area contributed by atoms with Crippen molar-refractivity contribution >= 4 is 22.5 Å². The van der Waals surface area contributed by atoms with Gasteiger partial charge in [-0.25, -0.2) is 4.39 Å². The number of para-hydroxylation sites is 1. The van der Waals surface area contributed by atoms with Crippen LogP contribution in [0.1, 0.15) is 16.1 Å². The maximum Gasteiger partial charge on any atom is 0.276 e. The second kappa shape index (κ2) is 8.08. The van der Waals surface area contributed by atoms with Crippen LogP contribution in [-0.4, -0.2) is 53.4 Å². The van der Waals surface area contributed by atoms with Gasteiger partial charge in [-0.15, -0.1) is 0 Å². The summed E-state index contributed by atoms with van der Waals surface area (Å²) in [6.07, 6.45) is 0. The molecule has 1 aliphatic rings. The van der Waals surface area contributed by atoms with Crippen LogP contribution in [-0.2, 0) is 11.3 Å². The Bertz CT molecular complexity index is 995. The third-order valence-electron chi connectivity index (χ3n) is 5.04. The van der Waals surface area contributed by atoms with Crippen LogP contribution >= 0.6 is 0 Å². The van der Waals surface area contributed by atoms with Gasteiger partial charge in [-0.2, -0.15) is 5.10 Å². The summed E-state index contributed by atoms with van der Waals surface area (Å²) in [6.45, 7) is 6.65. The lowest BCUT2D eigenvalue weighted by Gasteiger charge is -2.26. The van der Waals surface area contributed by atoms with Crippen LogP contribution in [0.5, 0.6) is 0 Å². The summed E-state index contributed by atoms with van der Waals surface area (Å²) in [7, 11) is 0. The summed E-state index contributed by atoms with van der Waals surface area (Å²) >= 11 is 0. The van der Waals surface area contributed by atoms with Gasteiger partial charge < -0.3 is 10.1 Å². The molecule has 1 saturated heterocycles. The average Bonchev–Trinajstić information content (AvgIpc) is 3.08. The third-order valence-corrected chi connectivity index (χ3v) is 5.04. The number of amides is 1. The zero-order valence-corrected chi connectivity index (χ0v) is 15.8. The fourth-order valence-electron chi connectivity index (χ4n) is 3.48. The number of nitrogens with one attached hydrogen (secondary N) is 1. The maximum atomic E-state index is 13.3. The number of carbonyl (C=O) groups excluding carboxylic acids is 1. The molecule has 0 radical (unpaired) electrons. The minimum Gasteiger partial charge on any atom is -0.379 e. The highest BCUT2D eigenvalue weighted by Gasteiger charge is 2.19. The molecule has 1 N–H and O–H groups in total. The molecule has 3 aromatic rings. The number of benzene rings is 2. The van der Waals surface area contributed by atoms with Crippen molar-refractivity contribution in [1.82, 2.24) is 14.7 Å². The Hall–Kier alpha value is -2.77. The molecule has 2 aromatic carbocycles. The van der Waals surface area contributed by atoms with Crippen LogP contribution in [0, 0.1) is 12.7 Å². The molecular formula is C21H23FN4O2. The van der Waals surface area contributed by atoms with Gasteiger partial charge in [0.15, 0.2) is 5.69 Å². The van der Waals surface area contributed by atoms with Crippen LogP contribution in [0.2, 0.25) is 0 Å². The van der Waals surface area contributed by atoms with Crippen LogP contribution in [0.3, 0.4) is 0 Å². The van der Waals surface area contributed by atoms with E-state index in [2.05, 4.69) is 15.3 Å². The first-order chi connectivity index (χ1) is 13.6. The highest BCUT2D eigenvalue weighted by atomic mass is 19.1. The molecule has 1 aromatic heterocycles. The number of halogens is 1. The molecule has 0 aliphatic carbocycles. The lowest BCUT2D eigenvalue weighted by Crippen LogP contribution is -2.38. The van der Waals surface area contributed by atoms with Gasteiger partial charge in [0.2, 0.25) is 0 Å². The van der Waals surface area contributed by atoms with E-state index in [1.54, 1.807) is 13.0 Å². The van der Waals surface area contributed by atoms with Crippen LogP contribution in [0.4, 0.5) is 10.1 Å². The number of aryl methyl sites for hydroxylation is 1. The SMILES string of the molecule is Cc1cc(F)ccc1NC(=O)c1nn(CCN2CCOCC2)c2ccccc12. The molecule has 0 bridgehead atoms. The van der Waals surface area contributed by atoms with Crippen molar-refractivity contribution < 1.29 is 13.9 Å². The molecule has 0 atom stereocenters. The molecule has 2 heterocycles. The van der Waals surface area contributed by atoms with Crippen molar-refractivity contribution in [1.29, 1.82) is 0 Å². The number of fused-ring (bicyclic) bond motifs is 1. The maximum absolute atomic E-state index is 13.3. The number of anilines is 1. The number of hydrogen-bond acceptors (Lipinski definition) is 4. The molecule has 0 spiro atoms. The first-order valence-electron chi connectivity index (χ1n) is 9.45. The summed E-state index contributed by atoms with van der Waals surface area (Å²) in [5, 5.41) is 8.25. The standard InChI is InChI=1S/C21H23FN4O2/c1-15-14-16(22)6-7-18(15)23-21(27)20-17-4-2-3-5-19(17)26(24-20)9-8-25-10-12-28-13-11-25/h2-7,14H,8-13H2,1H3,(H,23,27). The highest BCUT2D eigenvalue weighted by Crippen LogP contribution is 2.21. The quantitative estimate of drug-likeness (QED) is 0.737. The molecule has 28 heavy (non-hydrogen) atoms. The van der Waals surface area contributed by atoms with E-state index >= 15 is 0 Å². The van der Waals surface area contributed by atoms with Crippen molar-refractivity contribution in [3.63, 3.8) is 0 Å². The molecule has 0 unspecified atom stereocenters. The van der Waals surface area contributed by atoms with Gasteiger partial charge in [0.1, 0.15) is 5.82 Å². The highest BCUT2D eigenvalue weighted by molar-refractivity contribution is 6.11. The minimum atomic E-state index is -0.326. The van der Waals surface area contributed by atoms with Crippen molar-refractivity contribution in [2.24, 2.45) is 0 Å². The predicted octanol–water partition coefficient (Wildman–Crippen LogP) is 3.07. The number of ether oxygens (including phenoxy) is 1. The van der Waals surface area contributed by atoms with Gasteiger partial charge in [-0.05, 0) is 36.8 Å². The monoisotopic (exact) mass is 382 g/mol. The van der Waals surface area contributed by atoms with E-state index in [9.17, 15) is 9.18 Å². The largest absolute Gasteiger partial charge is 0.379 e. The second-order valence-electron chi connectivity index (χ2n) is 6.96. The number of rotatable bonds is 5. The van der Waals surface area contributed by atoms with E-state index in [0.717, 1.165) is 43.8 Å². The first kappa shape index (κ1) is 18.6. The van der Waals surface area contributed by atoms with Crippen LogP contribution in [0.15, 0.2) is 42.5 Å².